The molecule has 0 aliphatic rings. The fraction of sp³-hybridized carbons (Fsp3) is 0.0156. The van der Waals surface area contributed by atoms with E-state index in [1.54, 1.807) is 30.7 Å². The van der Waals surface area contributed by atoms with Crippen molar-refractivity contribution in [2.75, 3.05) is 0 Å². The number of halogens is 3. The molecule has 8 aromatic carbocycles. The van der Waals surface area contributed by atoms with E-state index in [0.29, 0.717) is 72.0 Å². The Hall–Kier alpha value is -10.0. The predicted octanol–water partition coefficient (Wildman–Crippen LogP) is 16.4. The van der Waals surface area contributed by atoms with Crippen LogP contribution in [0.3, 0.4) is 0 Å². The fourth-order valence-corrected chi connectivity index (χ4v) is 12.4. The van der Waals surface area contributed by atoms with Crippen LogP contribution in [0.25, 0.3) is 138 Å². The van der Waals surface area contributed by atoms with Crippen molar-refractivity contribution in [3.63, 3.8) is 0 Å². The van der Waals surface area contributed by atoms with Gasteiger partial charge in [-0.25, -0.2) is 0 Å². The minimum atomic E-state index is -5.05. The molecule has 8 aromatic heterocycles. The van der Waals surface area contributed by atoms with Crippen molar-refractivity contribution in [3.8, 4) is 28.4 Å². The van der Waals surface area contributed by atoms with E-state index in [1.165, 1.54) is 0 Å². The Bertz CT molecular complexity index is 4570. The molecule has 0 saturated heterocycles. The number of alkyl halides is 3. The molecule has 354 valence electrons. The van der Waals surface area contributed by atoms with Crippen LogP contribution in [0.1, 0.15) is 5.56 Å². The van der Waals surface area contributed by atoms with Crippen LogP contribution in [0.5, 0.6) is 0 Å². The molecule has 0 unspecified atom stereocenters. The third-order valence-corrected chi connectivity index (χ3v) is 15.2. The van der Waals surface area contributed by atoms with E-state index >= 15 is 13.2 Å². The van der Waals surface area contributed by atoms with Gasteiger partial charge in [0.2, 0.25) is 0 Å². The number of nitrogens with zero attached hydrogens (tertiary/aromatic N) is 8. The first-order valence-electron chi connectivity index (χ1n) is 24.8. The molecule has 0 bridgehead atoms. The van der Waals surface area contributed by atoms with E-state index in [0.717, 1.165) is 54.5 Å². The van der Waals surface area contributed by atoms with Gasteiger partial charge in [0.1, 0.15) is 5.56 Å². The Balaban J connectivity index is 1.33. The van der Waals surface area contributed by atoms with Gasteiger partial charge >= 0.3 is 6.18 Å². The zero-order valence-corrected chi connectivity index (χ0v) is 39.6. The van der Waals surface area contributed by atoms with Crippen LogP contribution >= 0.6 is 0 Å². The van der Waals surface area contributed by atoms with E-state index in [2.05, 4.69) is 38.0 Å². The highest BCUT2D eigenvalue weighted by Gasteiger charge is 2.45. The van der Waals surface area contributed by atoms with Crippen molar-refractivity contribution in [1.82, 2.24) is 37.8 Å². The molecule has 0 N–H and O–H groups in total. The minimum absolute atomic E-state index is 0.0765. The van der Waals surface area contributed by atoms with Crippen molar-refractivity contribution in [2.24, 2.45) is 0 Å². The molecule has 0 radical (unpaired) electrons. The molecule has 0 aliphatic heterocycles. The monoisotopic (exact) mass is 974 g/mol. The number of pyridine rings is 3. The van der Waals surface area contributed by atoms with Crippen LogP contribution in [0.4, 0.5) is 13.2 Å². The van der Waals surface area contributed by atoms with Crippen molar-refractivity contribution >= 4 is 109 Å². The zero-order valence-electron chi connectivity index (χ0n) is 39.6. The average molecular weight is 975 g/mol. The molecule has 0 amide bonds. The molecule has 0 spiro atoms. The van der Waals surface area contributed by atoms with E-state index in [-0.39, 0.29) is 11.4 Å². The van der Waals surface area contributed by atoms with Gasteiger partial charge in [-0.2, -0.15) is 13.2 Å². The maximum absolute atomic E-state index is 18.5. The zero-order chi connectivity index (χ0) is 49.7. The lowest BCUT2D eigenvalue weighted by atomic mass is 9.99. The molecule has 11 heteroatoms. The van der Waals surface area contributed by atoms with Gasteiger partial charge in [0.05, 0.1) is 100 Å². The summed E-state index contributed by atoms with van der Waals surface area (Å²) in [7, 11) is 0. The average Bonchev–Trinajstić information content (AvgIpc) is 4.39. The largest absolute Gasteiger partial charge is 0.420 e. The number of benzene rings is 8. The maximum atomic E-state index is 18.5. The maximum Gasteiger partial charge on any atom is 0.420 e. The third-order valence-electron chi connectivity index (χ3n) is 15.2. The predicted molar refractivity (Wildman–Crippen MR) is 297 cm³/mol. The van der Waals surface area contributed by atoms with Crippen molar-refractivity contribution in [2.45, 2.75) is 6.18 Å². The van der Waals surface area contributed by atoms with E-state index in [1.807, 2.05) is 179 Å². The highest BCUT2D eigenvalue weighted by molar-refractivity contribution is 6.17. The van der Waals surface area contributed by atoms with Gasteiger partial charge in [-0.15, -0.1) is 0 Å². The molecular formula is C64H37F3N8. The number of rotatable bonds is 5. The summed E-state index contributed by atoms with van der Waals surface area (Å²) in [6, 6.07) is 66.8. The molecule has 0 fully saturated rings. The van der Waals surface area contributed by atoms with Crippen LogP contribution in [0.2, 0.25) is 0 Å². The highest BCUT2D eigenvalue weighted by atomic mass is 19.4. The first kappa shape index (κ1) is 41.6. The molecule has 8 heterocycles. The summed E-state index contributed by atoms with van der Waals surface area (Å²) in [5, 5.41) is 5.84. The van der Waals surface area contributed by atoms with E-state index in [9.17, 15) is 0 Å². The second-order valence-corrected chi connectivity index (χ2v) is 19.0. The van der Waals surface area contributed by atoms with Crippen LogP contribution in [0.15, 0.2) is 225 Å². The van der Waals surface area contributed by atoms with Gasteiger partial charge in [0.15, 0.2) is 0 Å². The lowest BCUT2D eigenvalue weighted by Gasteiger charge is -2.32. The van der Waals surface area contributed by atoms with E-state index < -0.39 is 11.7 Å². The van der Waals surface area contributed by atoms with Gasteiger partial charge in [0.25, 0.3) is 0 Å². The topological polar surface area (TPSA) is 63.3 Å². The number of fused-ring (bicyclic) bond motifs is 15. The van der Waals surface area contributed by atoms with Gasteiger partial charge in [-0.05, 0) is 78.9 Å². The smallest absolute Gasteiger partial charge is 0.305 e. The molecule has 8 nitrogen and oxygen atoms in total. The van der Waals surface area contributed by atoms with Crippen LogP contribution in [-0.4, -0.2) is 37.8 Å². The van der Waals surface area contributed by atoms with E-state index in [4.69, 9.17) is 15.0 Å². The molecule has 75 heavy (non-hydrogen) atoms. The molecule has 0 aliphatic carbocycles. The Kier molecular flexibility index (Phi) is 8.47. The Labute approximate surface area is 423 Å². The van der Waals surface area contributed by atoms with Gasteiger partial charge < -0.3 is 22.8 Å². The Morgan fingerprint density at radius 3 is 0.747 bits per heavy atom. The second-order valence-electron chi connectivity index (χ2n) is 19.0. The van der Waals surface area contributed by atoms with Gasteiger partial charge in [0, 0.05) is 56.3 Å². The molecular weight excluding hydrogens is 938 g/mol. The third kappa shape index (κ3) is 5.58. The second kappa shape index (κ2) is 15.3. The van der Waals surface area contributed by atoms with Gasteiger partial charge in [-0.1, -0.05) is 127 Å². The number of aromatic nitrogens is 8. The van der Waals surface area contributed by atoms with Crippen molar-refractivity contribution in [1.29, 1.82) is 0 Å². The normalized spacial score (nSPS) is 12.5. The first-order valence-corrected chi connectivity index (χ1v) is 24.8. The first-order chi connectivity index (χ1) is 37.0. The lowest BCUT2D eigenvalue weighted by molar-refractivity contribution is -0.137. The van der Waals surface area contributed by atoms with Crippen LogP contribution in [0, 0.1) is 0 Å². The number of hydrogen-bond acceptors (Lipinski definition) is 3. The van der Waals surface area contributed by atoms with Crippen molar-refractivity contribution < 1.29 is 13.2 Å². The standard InChI is InChI=1S/C64H37F3N8/c65-64(66,67)55-59(73-49-29-12-5-22-42(49)56-52(73)32-15-35-68-56)61(71-45-25-8-1-18-38(45)39-19-2-9-26-46(39)71)63(75-51-31-14-7-24-44(51)58-54(75)34-17-37-70-58)62(72-47-27-10-3-20-40(47)41-21-4-11-28-48(41)72)60(55)74-50-30-13-6-23-43(50)57-53(74)33-16-36-69-57/h1-37H. The summed E-state index contributed by atoms with van der Waals surface area (Å²) in [4.78, 5) is 14.9. The molecule has 0 atom stereocenters. The molecule has 16 rings (SSSR count). The van der Waals surface area contributed by atoms with Crippen molar-refractivity contribution in [3.05, 3.63) is 230 Å². The fourth-order valence-electron chi connectivity index (χ4n) is 12.4. The van der Waals surface area contributed by atoms with Crippen LogP contribution in [-0.2, 0) is 6.18 Å². The number of para-hydroxylation sites is 7. The SMILES string of the molecule is FC(F)(F)c1c(-n2c3ccccc3c3ncccc32)c(-n2c3ccccc3c3ccccc32)c(-n2c3ccccc3c3ncccc32)c(-n2c3ccccc3c3ccccc32)c1-n1c2ccccc2c2ncccc21. The van der Waals surface area contributed by atoms with Crippen LogP contribution < -0.4 is 0 Å². The molecule has 16 aromatic rings. The Morgan fingerprint density at radius 1 is 0.240 bits per heavy atom. The minimum Gasteiger partial charge on any atom is -0.305 e. The highest BCUT2D eigenvalue weighted by Crippen LogP contribution is 2.54. The Morgan fingerprint density at radius 2 is 0.453 bits per heavy atom. The summed E-state index contributed by atoms with van der Waals surface area (Å²) >= 11 is 0. The summed E-state index contributed by atoms with van der Waals surface area (Å²) in [5.41, 5.74) is 8.51. The summed E-state index contributed by atoms with van der Waals surface area (Å²) < 4.78 is 65.4. The summed E-state index contributed by atoms with van der Waals surface area (Å²) in [6.07, 6.45) is 0.138. The van der Waals surface area contributed by atoms with Gasteiger partial charge in [-0.3, -0.25) is 15.0 Å². The quantitative estimate of drug-likeness (QED) is 0.173. The molecule has 0 saturated carbocycles. The number of hydrogen-bond donors (Lipinski definition) is 0. The summed E-state index contributed by atoms with van der Waals surface area (Å²) in [5.74, 6) is 0. The lowest BCUT2D eigenvalue weighted by Crippen LogP contribution is -2.23. The summed E-state index contributed by atoms with van der Waals surface area (Å²) in [6.45, 7) is 0.